The maximum Gasteiger partial charge on any atom is 0.315 e. The van der Waals surface area contributed by atoms with Crippen molar-refractivity contribution in [2.24, 2.45) is 10.9 Å². The van der Waals surface area contributed by atoms with E-state index in [9.17, 15) is 9.59 Å². The number of allylic oxidation sites excluding steroid dienone is 2. The van der Waals surface area contributed by atoms with Gasteiger partial charge >= 0.3 is 5.97 Å². The van der Waals surface area contributed by atoms with Crippen molar-refractivity contribution in [3.05, 3.63) is 69.9 Å². The topological polar surface area (TPSA) is 74.2 Å². The fraction of sp³-hybridized carbons (Fsp3) is 0.393. The molecule has 0 fully saturated rings. The van der Waals surface area contributed by atoms with Gasteiger partial charge in [0, 0.05) is 34.3 Å². The van der Waals surface area contributed by atoms with Crippen LogP contribution in [0.2, 0.25) is 5.02 Å². The van der Waals surface area contributed by atoms with E-state index in [2.05, 4.69) is 0 Å². The minimum Gasteiger partial charge on any atom is -0.493 e. The number of carbonyl (C=O) groups is 2. The first-order valence-corrected chi connectivity index (χ1v) is 12.2. The number of rotatable bonds is 7. The second-order valence-electron chi connectivity index (χ2n) is 8.93. The Balaban J connectivity index is 1.76. The Morgan fingerprint density at radius 1 is 1.06 bits per heavy atom. The monoisotopic (exact) mass is 495 g/mol. The Labute approximate surface area is 210 Å². The third kappa shape index (κ3) is 4.98. The van der Waals surface area contributed by atoms with Gasteiger partial charge in [-0.05, 0) is 61.1 Å². The molecule has 4 rings (SSSR count). The van der Waals surface area contributed by atoms with E-state index in [1.807, 2.05) is 50.2 Å². The van der Waals surface area contributed by atoms with Gasteiger partial charge in [0.05, 0.1) is 20.8 Å². The third-order valence-corrected chi connectivity index (χ3v) is 6.91. The number of methoxy groups -OCH3 is 2. The molecule has 0 radical (unpaired) electrons. The van der Waals surface area contributed by atoms with Crippen molar-refractivity contribution in [1.82, 2.24) is 0 Å². The van der Waals surface area contributed by atoms with Crippen LogP contribution in [-0.4, -0.2) is 38.3 Å². The van der Waals surface area contributed by atoms with Crippen molar-refractivity contribution in [3.63, 3.8) is 0 Å². The van der Waals surface area contributed by atoms with Gasteiger partial charge in [-0.25, -0.2) is 0 Å². The van der Waals surface area contributed by atoms with E-state index in [0.29, 0.717) is 47.3 Å². The van der Waals surface area contributed by atoms with Crippen LogP contribution in [-0.2, 0) is 14.3 Å². The molecule has 0 aromatic heterocycles. The second kappa shape index (κ2) is 10.6. The van der Waals surface area contributed by atoms with Crippen LogP contribution in [0.1, 0.15) is 56.1 Å². The zero-order chi connectivity index (χ0) is 25.1. The third-order valence-electron chi connectivity index (χ3n) is 6.68. The van der Waals surface area contributed by atoms with Gasteiger partial charge in [0.25, 0.3) is 0 Å². The van der Waals surface area contributed by atoms with Crippen molar-refractivity contribution in [2.45, 2.75) is 44.9 Å². The highest BCUT2D eigenvalue weighted by Crippen LogP contribution is 2.47. The molecule has 1 aliphatic carbocycles. The molecule has 35 heavy (non-hydrogen) atoms. The molecule has 0 bridgehead atoms. The number of carbonyl (C=O) groups excluding carboxylic acids is 2. The summed E-state index contributed by atoms with van der Waals surface area (Å²) in [7, 11) is 3.19. The number of benzene rings is 2. The van der Waals surface area contributed by atoms with Crippen molar-refractivity contribution < 1.29 is 23.8 Å². The summed E-state index contributed by atoms with van der Waals surface area (Å²) in [5.41, 5.74) is 3.77. The molecule has 2 aromatic rings. The molecular weight excluding hydrogens is 466 g/mol. The Hall–Kier alpha value is -3.12. The lowest BCUT2D eigenvalue weighted by atomic mass is 9.69. The standard InChI is InChI=1S/C28H30ClNO5/c1-5-11-35-28(32)25-16(2)30-21-13-19(17-9-10-23(33-3)24(15-17)34-4)14-22(31)27(21)26(25)18-7-6-8-20(29)12-18/h6-10,12,15,19,25-26H,5,11,13-14H2,1-4H3/t19-,25?,26+/m0/s1. The molecule has 0 saturated heterocycles. The van der Waals surface area contributed by atoms with Crippen LogP contribution < -0.4 is 9.47 Å². The predicted molar refractivity (Wildman–Crippen MR) is 136 cm³/mol. The second-order valence-corrected chi connectivity index (χ2v) is 9.37. The lowest BCUT2D eigenvalue weighted by Crippen LogP contribution is -2.38. The maximum atomic E-state index is 13.7. The first kappa shape index (κ1) is 25.0. The smallest absolute Gasteiger partial charge is 0.315 e. The molecule has 2 aliphatic rings. The minimum atomic E-state index is -0.666. The Kier molecular flexibility index (Phi) is 7.60. The first-order valence-electron chi connectivity index (χ1n) is 11.8. The van der Waals surface area contributed by atoms with Gasteiger partial charge in [0.1, 0.15) is 5.92 Å². The van der Waals surface area contributed by atoms with Gasteiger partial charge in [-0.1, -0.05) is 36.7 Å². The van der Waals surface area contributed by atoms with E-state index in [1.165, 1.54) is 0 Å². The minimum absolute atomic E-state index is 0.0134. The van der Waals surface area contributed by atoms with Gasteiger partial charge in [-0.3, -0.25) is 14.6 Å². The molecule has 1 unspecified atom stereocenters. The Bertz CT molecular complexity index is 1200. The van der Waals surface area contributed by atoms with E-state index in [4.69, 9.17) is 30.8 Å². The summed E-state index contributed by atoms with van der Waals surface area (Å²) in [6, 6.07) is 13.1. The van der Waals surface area contributed by atoms with Crippen molar-refractivity contribution >= 4 is 29.1 Å². The van der Waals surface area contributed by atoms with Crippen LogP contribution in [0.3, 0.4) is 0 Å². The van der Waals surface area contributed by atoms with E-state index < -0.39 is 11.8 Å². The Morgan fingerprint density at radius 2 is 1.83 bits per heavy atom. The summed E-state index contributed by atoms with van der Waals surface area (Å²) in [6.07, 6.45) is 1.62. The zero-order valence-electron chi connectivity index (χ0n) is 20.5. The summed E-state index contributed by atoms with van der Waals surface area (Å²) in [6.45, 7) is 4.11. The average molecular weight is 496 g/mol. The van der Waals surface area contributed by atoms with Crippen molar-refractivity contribution in [1.29, 1.82) is 0 Å². The molecule has 184 valence electrons. The molecular formula is C28H30ClNO5. The van der Waals surface area contributed by atoms with E-state index in [-0.39, 0.29) is 17.7 Å². The molecule has 3 atom stereocenters. The molecule has 0 N–H and O–H groups in total. The van der Waals surface area contributed by atoms with Gasteiger partial charge in [-0.15, -0.1) is 0 Å². The fourth-order valence-corrected chi connectivity index (χ4v) is 5.26. The molecule has 2 aromatic carbocycles. The molecule has 0 amide bonds. The van der Waals surface area contributed by atoms with Crippen molar-refractivity contribution in [2.75, 3.05) is 20.8 Å². The lowest BCUT2D eigenvalue weighted by Gasteiger charge is -2.36. The summed E-state index contributed by atoms with van der Waals surface area (Å²) in [5.74, 6) is -0.318. The summed E-state index contributed by atoms with van der Waals surface area (Å²) >= 11 is 6.31. The van der Waals surface area contributed by atoms with Crippen LogP contribution in [0.15, 0.2) is 58.7 Å². The number of nitrogens with zero attached hydrogens (tertiary/aromatic N) is 1. The van der Waals surface area contributed by atoms with Gasteiger partial charge < -0.3 is 14.2 Å². The number of halogens is 1. The molecule has 6 nitrogen and oxygen atoms in total. The number of hydrogen-bond donors (Lipinski definition) is 0. The van der Waals surface area contributed by atoms with Gasteiger partial charge in [0.15, 0.2) is 17.3 Å². The van der Waals surface area contributed by atoms with Crippen LogP contribution in [0.4, 0.5) is 0 Å². The highest BCUT2D eigenvalue weighted by Gasteiger charge is 2.44. The van der Waals surface area contributed by atoms with E-state index >= 15 is 0 Å². The Morgan fingerprint density at radius 3 is 2.51 bits per heavy atom. The quantitative estimate of drug-likeness (QED) is 0.448. The number of ketones is 1. The van der Waals surface area contributed by atoms with Crippen LogP contribution >= 0.6 is 11.6 Å². The summed E-state index contributed by atoms with van der Waals surface area (Å²) in [4.78, 5) is 31.6. The number of aliphatic imine (C=N–C) groups is 1. The molecule has 0 spiro atoms. The van der Waals surface area contributed by atoms with Crippen LogP contribution in [0, 0.1) is 5.92 Å². The lowest BCUT2D eigenvalue weighted by molar-refractivity contribution is -0.146. The molecule has 0 saturated carbocycles. The predicted octanol–water partition coefficient (Wildman–Crippen LogP) is 5.89. The van der Waals surface area contributed by atoms with E-state index in [0.717, 1.165) is 23.2 Å². The van der Waals surface area contributed by atoms with E-state index in [1.54, 1.807) is 20.3 Å². The van der Waals surface area contributed by atoms with Crippen LogP contribution in [0.25, 0.3) is 0 Å². The highest BCUT2D eigenvalue weighted by molar-refractivity contribution is 6.30. The molecule has 1 heterocycles. The normalized spacial score (nSPS) is 21.8. The number of Topliss-reactive ketones (excluding diaryl/α,β-unsaturated/α-hetero) is 1. The maximum absolute atomic E-state index is 13.7. The highest BCUT2D eigenvalue weighted by atomic mass is 35.5. The van der Waals surface area contributed by atoms with Gasteiger partial charge in [-0.2, -0.15) is 0 Å². The van der Waals surface area contributed by atoms with Gasteiger partial charge in [0.2, 0.25) is 0 Å². The molecule has 7 heteroatoms. The summed E-state index contributed by atoms with van der Waals surface area (Å²) in [5, 5.41) is 0.553. The number of hydrogen-bond acceptors (Lipinski definition) is 6. The fourth-order valence-electron chi connectivity index (χ4n) is 5.06. The number of ether oxygens (including phenoxy) is 3. The largest absolute Gasteiger partial charge is 0.493 e. The first-order chi connectivity index (χ1) is 16.9. The number of esters is 1. The molecule has 1 aliphatic heterocycles. The van der Waals surface area contributed by atoms with Crippen molar-refractivity contribution in [3.8, 4) is 11.5 Å². The average Bonchev–Trinajstić information content (AvgIpc) is 2.85. The SMILES string of the molecule is CCCOC(=O)C1C(C)=NC2=C(C(=O)C[C@@H](c3ccc(OC)c(OC)c3)C2)[C@@H]1c1cccc(Cl)c1. The zero-order valence-corrected chi connectivity index (χ0v) is 21.2. The van der Waals surface area contributed by atoms with Crippen LogP contribution in [0.5, 0.6) is 11.5 Å². The summed E-state index contributed by atoms with van der Waals surface area (Å²) < 4.78 is 16.3.